The molecule has 0 aromatic heterocycles. The molecule has 0 spiro atoms. The highest BCUT2D eigenvalue weighted by Crippen LogP contribution is 2.17. The largest absolute Gasteiger partial charge is 0.494 e. The number of carbonyl (C=O) groups excluding carboxylic acids is 2. The Kier molecular flexibility index (Phi) is 9.37. The molecule has 1 heterocycles. The zero-order valence-corrected chi connectivity index (χ0v) is 18.6. The average Bonchev–Trinajstić information content (AvgIpc) is 3.35. The van der Waals surface area contributed by atoms with Crippen LogP contribution in [0.2, 0.25) is 0 Å². The van der Waals surface area contributed by atoms with E-state index in [1.807, 2.05) is 0 Å². The Labute approximate surface area is 189 Å². The van der Waals surface area contributed by atoms with Gasteiger partial charge in [0.05, 0.1) is 12.7 Å². The van der Waals surface area contributed by atoms with Gasteiger partial charge in [-0.2, -0.15) is 0 Å². The normalized spacial score (nSPS) is 15.2. The number of hydrogen-bond donors (Lipinski definition) is 2. The first-order valence-electron chi connectivity index (χ1n) is 11.3. The summed E-state index contributed by atoms with van der Waals surface area (Å²) < 4.78 is 16.9. The second kappa shape index (κ2) is 12.7. The van der Waals surface area contributed by atoms with Crippen molar-refractivity contribution in [1.29, 1.82) is 0 Å². The Hall–Kier alpha value is -3.06. The fraction of sp³-hybridized carbons (Fsp3) is 0.440. The standard InChI is InChI=1S/C25H32N2O5/c1-2-3-4-5-16-30-21-12-8-19(9-13-21)24(28)26-27-25(29)20-10-14-22(15-11-20)32-18-23-7-6-17-31-23/h8-15,23H,2-7,16-18H2,1H3,(H,26,28)(H,27,29). The van der Waals surface area contributed by atoms with Crippen molar-refractivity contribution >= 4 is 11.8 Å². The molecule has 1 atom stereocenters. The molecule has 7 nitrogen and oxygen atoms in total. The molecule has 0 radical (unpaired) electrons. The molecule has 1 aliphatic rings. The minimum absolute atomic E-state index is 0.139. The summed E-state index contributed by atoms with van der Waals surface area (Å²) in [5, 5.41) is 0. The first-order chi connectivity index (χ1) is 15.7. The third kappa shape index (κ3) is 7.57. The first-order valence-corrected chi connectivity index (χ1v) is 11.3. The maximum absolute atomic E-state index is 12.3. The molecular weight excluding hydrogens is 408 g/mol. The fourth-order valence-corrected chi connectivity index (χ4v) is 3.35. The molecule has 1 fully saturated rings. The summed E-state index contributed by atoms with van der Waals surface area (Å²) in [6.07, 6.45) is 6.79. The number of unbranched alkanes of at least 4 members (excludes halogenated alkanes) is 3. The number of nitrogens with one attached hydrogen (secondary N) is 2. The lowest BCUT2D eigenvalue weighted by molar-refractivity contribution is 0.0679. The number of ether oxygens (including phenoxy) is 3. The summed E-state index contributed by atoms with van der Waals surface area (Å²) in [5.41, 5.74) is 5.71. The van der Waals surface area contributed by atoms with Gasteiger partial charge in [0, 0.05) is 17.7 Å². The molecule has 2 aromatic carbocycles. The molecule has 32 heavy (non-hydrogen) atoms. The Bertz CT molecular complexity index is 846. The van der Waals surface area contributed by atoms with Crippen molar-refractivity contribution < 1.29 is 23.8 Å². The molecule has 2 aromatic rings. The average molecular weight is 441 g/mol. The van der Waals surface area contributed by atoms with Gasteiger partial charge in [0.25, 0.3) is 11.8 Å². The van der Waals surface area contributed by atoms with Gasteiger partial charge in [0.2, 0.25) is 0 Å². The van der Waals surface area contributed by atoms with E-state index in [1.165, 1.54) is 12.8 Å². The molecular formula is C25H32N2O5. The van der Waals surface area contributed by atoms with Gasteiger partial charge in [0.1, 0.15) is 18.1 Å². The van der Waals surface area contributed by atoms with Crippen molar-refractivity contribution in [2.75, 3.05) is 19.8 Å². The van der Waals surface area contributed by atoms with E-state index in [0.717, 1.165) is 38.0 Å². The third-order valence-corrected chi connectivity index (χ3v) is 5.25. The quantitative estimate of drug-likeness (QED) is 0.402. The van der Waals surface area contributed by atoms with Crippen molar-refractivity contribution in [2.45, 2.75) is 51.6 Å². The topological polar surface area (TPSA) is 85.9 Å². The Morgan fingerprint density at radius 1 is 0.875 bits per heavy atom. The maximum atomic E-state index is 12.3. The van der Waals surface area contributed by atoms with E-state index in [1.54, 1.807) is 48.5 Å². The predicted octanol–water partition coefficient (Wildman–Crippen LogP) is 4.28. The Balaban J connectivity index is 1.39. The van der Waals surface area contributed by atoms with Crippen LogP contribution in [-0.4, -0.2) is 37.7 Å². The van der Waals surface area contributed by atoms with Crippen LogP contribution in [0.25, 0.3) is 0 Å². The predicted molar refractivity (Wildman–Crippen MR) is 122 cm³/mol. The maximum Gasteiger partial charge on any atom is 0.269 e. The molecule has 1 aliphatic heterocycles. The van der Waals surface area contributed by atoms with E-state index in [9.17, 15) is 9.59 Å². The van der Waals surface area contributed by atoms with Crippen LogP contribution in [0.3, 0.4) is 0 Å². The zero-order chi connectivity index (χ0) is 22.6. The van der Waals surface area contributed by atoms with E-state index >= 15 is 0 Å². The number of amides is 2. The molecule has 2 amide bonds. The van der Waals surface area contributed by atoms with Crippen LogP contribution in [0.1, 0.15) is 66.2 Å². The second-order valence-corrected chi connectivity index (χ2v) is 7.81. The molecule has 0 saturated carbocycles. The van der Waals surface area contributed by atoms with Gasteiger partial charge in [0.15, 0.2) is 0 Å². The number of carbonyl (C=O) groups is 2. The van der Waals surface area contributed by atoms with Gasteiger partial charge >= 0.3 is 0 Å². The monoisotopic (exact) mass is 440 g/mol. The summed E-state index contributed by atoms with van der Waals surface area (Å²) in [7, 11) is 0. The minimum atomic E-state index is -0.406. The van der Waals surface area contributed by atoms with Crippen LogP contribution in [0.5, 0.6) is 11.5 Å². The minimum Gasteiger partial charge on any atom is -0.494 e. The highest BCUT2D eigenvalue weighted by molar-refractivity contribution is 5.99. The summed E-state index contributed by atoms with van der Waals surface area (Å²) in [6.45, 7) is 4.13. The zero-order valence-electron chi connectivity index (χ0n) is 18.6. The van der Waals surface area contributed by atoms with Gasteiger partial charge in [-0.3, -0.25) is 20.4 Å². The van der Waals surface area contributed by atoms with Gasteiger partial charge < -0.3 is 14.2 Å². The van der Waals surface area contributed by atoms with Crippen LogP contribution >= 0.6 is 0 Å². The second-order valence-electron chi connectivity index (χ2n) is 7.81. The molecule has 0 bridgehead atoms. The first kappa shape index (κ1) is 23.6. The van der Waals surface area contributed by atoms with Gasteiger partial charge in [-0.05, 0) is 67.8 Å². The van der Waals surface area contributed by atoms with Crippen molar-refractivity contribution in [3.8, 4) is 11.5 Å². The summed E-state index contributed by atoms with van der Waals surface area (Å²) in [6, 6.07) is 13.6. The molecule has 3 rings (SSSR count). The molecule has 1 unspecified atom stereocenters. The summed E-state index contributed by atoms with van der Waals surface area (Å²) >= 11 is 0. The lowest BCUT2D eigenvalue weighted by Crippen LogP contribution is -2.41. The smallest absolute Gasteiger partial charge is 0.269 e. The van der Waals surface area contributed by atoms with E-state index < -0.39 is 11.8 Å². The molecule has 2 N–H and O–H groups in total. The van der Waals surface area contributed by atoms with Crippen LogP contribution in [0.15, 0.2) is 48.5 Å². The highest BCUT2D eigenvalue weighted by atomic mass is 16.5. The van der Waals surface area contributed by atoms with Crippen molar-refractivity contribution in [1.82, 2.24) is 10.9 Å². The van der Waals surface area contributed by atoms with Crippen molar-refractivity contribution in [2.24, 2.45) is 0 Å². The molecule has 0 aliphatic carbocycles. The SMILES string of the molecule is CCCCCCOc1ccc(C(=O)NNC(=O)c2ccc(OCC3CCCO3)cc2)cc1. The Morgan fingerprint density at radius 3 is 2.00 bits per heavy atom. The van der Waals surface area contributed by atoms with Gasteiger partial charge in [-0.15, -0.1) is 0 Å². The lowest BCUT2D eigenvalue weighted by Gasteiger charge is -2.12. The highest BCUT2D eigenvalue weighted by Gasteiger charge is 2.16. The van der Waals surface area contributed by atoms with E-state index in [2.05, 4.69) is 17.8 Å². The third-order valence-electron chi connectivity index (χ3n) is 5.25. The van der Waals surface area contributed by atoms with E-state index in [0.29, 0.717) is 30.1 Å². The molecule has 172 valence electrons. The number of hydrogen-bond acceptors (Lipinski definition) is 5. The summed E-state index contributed by atoms with van der Waals surface area (Å²) in [4.78, 5) is 24.6. The fourth-order valence-electron chi connectivity index (χ4n) is 3.35. The molecule has 1 saturated heterocycles. The van der Waals surface area contributed by atoms with E-state index in [-0.39, 0.29) is 6.10 Å². The van der Waals surface area contributed by atoms with Crippen molar-refractivity contribution in [3.05, 3.63) is 59.7 Å². The number of benzene rings is 2. The lowest BCUT2D eigenvalue weighted by atomic mass is 10.2. The number of rotatable bonds is 11. The number of hydrazine groups is 1. The van der Waals surface area contributed by atoms with Crippen LogP contribution in [-0.2, 0) is 4.74 Å². The Morgan fingerprint density at radius 2 is 1.47 bits per heavy atom. The van der Waals surface area contributed by atoms with Gasteiger partial charge in [-0.25, -0.2) is 0 Å². The van der Waals surface area contributed by atoms with E-state index in [4.69, 9.17) is 14.2 Å². The molecule has 7 heteroatoms. The van der Waals surface area contributed by atoms with Crippen LogP contribution < -0.4 is 20.3 Å². The summed E-state index contributed by atoms with van der Waals surface area (Å²) in [5.74, 6) is 0.595. The van der Waals surface area contributed by atoms with Gasteiger partial charge in [-0.1, -0.05) is 26.2 Å². The van der Waals surface area contributed by atoms with Crippen LogP contribution in [0, 0.1) is 0 Å². The van der Waals surface area contributed by atoms with Crippen LogP contribution in [0.4, 0.5) is 0 Å². The van der Waals surface area contributed by atoms with Crippen molar-refractivity contribution in [3.63, 3.8) is 0 Å².